The zero-order valence-electron chi connectivity index (χ0n) is 15.0. The van der Waals surface area contributed by atoms with Gasteiger partial charge in [-0.25, -0.2) is 4.68 Å². The Morgan fingerprint density at radius 3 is 2.21 bits per heavy atom. The number of aryl methyl sites for hydroxylation is 1. The first-order valence-electron chi connectivity index (χ1n) is 8.42. The second kappa shape index (κ2) is 8.62. The van der Waals surface area contributed by atoms with Gasteiger partial charge in [0.2, 0.25) is 5.91 Å². The summed E-state index contributed by atoms with van der Waals surface area (Å²) >= 11 is 3.32. The van der Waals surface area contributed by atoms with Gasteiger partial charge in [0.05, 0.1) is 0 Å². The number of nitrogens with one attached hydrogen (secondary N) is 2. The highest BCUT2D eigenvalue weighted by Gasteiger charge is 2.12. The summed E-state index contributed by atoms with van der Waals surface area (Å²) in [6.07, 6.45) is 0. The van der Waals surface area contributed by atoms with Crippen molar-refractivity contribution >= 4 is 39.1 Å². The van der Waals surface area contributed by atoms with E-state index in [2.05, 4.69) is 31.7 Å². The average molecular weight is 441 g/mol. The molecule has 28 heavy (non-hydrogen) atoms. The highest BCUT2D eigenvalue weighted by Crippen LogP contribution is 2.14. The van der Waals surface area contributed by atoms with Crippen molar-refractivity contribution in [3.05, 3.63) is 86.7 Å². The molecular formula is C20H17BrN4O3. The largest absolute Gasteiger partial charge is 0.324 e. The van der Waals surface area contributed by atoms with Crippen molar-refractivity contribution in [3.8, 4) is 0 Å². The lowest BCUT2D eigenvalue weighted by Crippen LogP contribution is -2.31. The van der Waals surface area contributed by atoms with Crippen LogP contribution in [0.15, 0.2) is 69.9 Å². The number of hydrogen-bond donors (Lipinski definition) is 2. The van der Waals surface area contributed by atoms with E-state index in [1.807, 2.05) is 19.1 Å². The molecule has 0 aliphatic heterocycles. The van der Waals surface area contributed by atoms with E-state index in [1.165, 1.54) is 12.1 Å². The normalized spacial score (nSPS) is 10.4. The van der Waals surface area contributed by atoms with Crippen LogP contribution in [0, 0.1) is 6.92 Å². The van der Waals surface area contributed by atoms with Crippen LogP contribution in [0.1, 0.15) is 16.1 Å². The van der Waals surface area contributed by atoms with Gasteiger partial charge in [-0.3, -0.25) is 14.4 Å². The number of anilines is 2. The van der Waals surface area contributed by atoms with E-state index in [0.717, 1.165) is 14.7 Å². The van der Waals surface area contributed by atoms with Crippen molar-refractivity contribution < 1.29 is 9.59 Å². The predicted octanol–water partition coefficient (Wildman–Crippen LogP) is 3.21. The molecule has 0 unspecified atom stereocenters. The average Bonchev–Trinajstić information content (AvgIpc) is 2.67. The molecule has 0 saturated heterocycles. The Morgan fingerprint density at radius 1 is 0.929 bits per heavy atom. The molecule has 0 bridgehead atoms. The third-order valence-electron chi connectivity index (χ3n) is 3.83. The number of hydrogen-bond acceptors (Lipinski definition) is 4. The van der Waals surface area contributed by atoms with Gasteiger partial charge in [-0.2, -0.15) is 5.10 Å². The van der Waals surface area contributed by atoms with Crippen molar-refractivity contribution in [3.63, 3.8) is 0 Å². The third kappa shape index (κ3) is 5.14. The summed E-state index contributed by atoms with van der Waals surface area (Å²) in [7, 11) is 0. The summed E-state index contributed by atoms with van der Waals surface area (Å²) < 4.78 is 1.84. The van der Waals surface area contributed by atoms with Gasteiger partial charge in [-0.1, -0.05) is 33.6 Å². The molecule has 0 atom stereocenters. The van der Waals surface area contributed by atoms with Gasteiger partial charge in [0.15, 0.2) is 0 Å². The Balaban J connectivity index is 1.70. The minimum absolute atomic E-state index is 0.0385. The van der Waals surface area contributed by atoms with Crippen LogP contribution in [0.3, 0.4) is 0 Å². The van der Waals surface area contributed by atoms with E-state index in [4.69, 9.17) is 0 Å². The Hall–Kier alpha value is -3.26. The maximum absolute atomic E-state index is 12.4. The summed E-state index contributed by atoms with van der Waals surface area (Å²) in [6.45, 7) is 1.64. The summed E-state index contributed by atoms with van der Waals surface area (Å²) in [5, 5.41) is 9.39. The standard InChI is InChI=1S/C20H17BrN4O3/c1-13-2-6-16(7-3-13)23-20(28)17-10-11-19(27)25(24-17)12-18(26)22-15-8-4-14(21)5-9-15/h2-11H,12H2,1H3,(H,22,26)(H,23,28). The SMILES string of the molecule is Cc1ccc(NC(=O)c2ccc(=O)n(CC(=O)Nc3ccc(Br)cc3)n2)cc1. The second-order valence-electron chi connectivity index (χ2n) is 6.09. The van der Waals surface area contributed by atoms with Crippen molar-refractivity contribution in [2.24, 2.45) is 0 Å². The molecule has 0 fully saturated rings. The molecule has 0 saturated carbocycles. The molecule has 1 aromatic heterocycles. The quantitative estimate of drug-likeness (QED) is 0.636. The van der Waals surface area contributed by atoms with Gasteiger partial charge >= 0.3 is 0 Å². The lowest BCUT2D eigenvalue weighted by molar-refractivity contribution is -0.117. The maximum atomic E-state index is 12.4. The molecule has 7 nitrogen and oxygen atoms in total. The van der Waals surface area contributed by atoms with Crippen molar-refractivity contribution in [1.82, 2.24) is 9.78 Å². The monoisotopic (exact) mass is 440 g/mol. The van der Waals surface area contributed by atoms with Crippen LogP contribution in [-0.2, 0) is 11.3 Å². The number of carbonyl (C=O) groups excluding carboxylic acids is 2. The smallest absolute Gasteiger partial charge is 0.276 e. The first kappa shape index (κ1) is 19.5. The molecule has 0 aliphatic carbocycles. The summed E-state index contributed by atoms with van der Waals surface area (Å²) in [5.41, 5.74) is 1.84. The number of halogens is 1. The van der Waals surface area contributed by atoms with Crippen LogP contribution < -0.4 is 16.2 Å². The molecule has 3 aromatic rings. The number of aromatic nitrogens is 2. The van der Waals surface area contributed by atoms with Gasteiger partial charge in [-0.15, -0.1) is 0 Å². The van der Waals surface area contributed by atoms with Crippen molar-refractivity contribution in [2.75, 3.05) is 10.6 Å². The number of benzene rings is 2. The maximum Gasteiger partial charge on any atom is 0.276 e. The molecule has 2 N–H and O–H groups in total. The van der Waals surface area contributed by atoms with E-state index < -0.39 is 17.4 Å². The van der Waals surface area contributed by atoms with Crippen molar-refractivity contribution in [2.45, 2.75) is 13.5 Å². The van der Waals surface area contributed by atoms with Crippen LogP contribution >= 0.6 is 15.9 Å². The minimum Gasteiger partial charge on any atom is -0.324 e. The molecule has 3 rings (SSSR count). The van der Waals surface area contributed by atoms with E-state index >= 15 is 0 Å². The molecule has 0 radical (unpaired) electrons. The molecule has 142 valence electrons. The first-order chi connectivity index (χ1) is 13.4. The number of amides is 2. The highest BCUT2D eigenvalue weighted by molar-refractivity contribution is 9.10. The number of rotatable bonds is 5. The Labute approximate surface area is 169 Å². The van der Waals surface area contributed by atoms with E-state index in [9.17, 15) is 14.4 Å². The van der Waals surface area contributed by atoms with Gasteiger partial charge < -0.3 is 10.6 Å². The minimum atomic E-state index is -0.474. The predicted molar refractivity (Wildman–Crippen MR) is 110 cm³/mol. The lowest BCUT2D eigenvalue weighted by Gasteiger charge is -2.09. The van der Waals surface area contributed by atoms with Gasteiger partial charge in [0.1, 0.15) is 12.2 Å². The Morgan fingerprint density at radius 2 is 1.54 bits per heavy atom. The van der Waals surface area contributed by atoms with Crippen LogP contribution in [-0.4, -0.2) is 21.6 Å². The molecular weight excluding hydrogens is 424 g/mol. The first-order valence-corrected chi connectivity index (χ1v) is 9.21. The molecule has 0 aliphatic rings. The van der Waals surface area contributed by atoms with Crippen molar-refractivity contribution in [1.29, 1.82) is 0 Å². The van der Waals surface area contributed by atoms with Gasteiger partial charge in [-0.05, 0) is 49.4 Å². The fourth-order valence-electron chi connectivity index (χ4n) is 2.39. The van der Waals surface area contributed by atoms with E-state index in [1.54, 1.807) is 36.4 Å². The number of nitrogens with zero attached hydrogens (tertiary/aromatic N) is 2. The molecule has 2 amide bonds. The lowest BCUT2D eigenvalue weighted by atomic mass is 10.2. The van der Waals surface area contributed by atoms with Crippen LogP contribution in [0.2, 0.25) is 0 Å². The summed E-state index contributed by atoms with van der Waals surface area (Å²) in [6, 6.07) is 16.9. The summed E-state index contributed by atoms with van der Waals surface area (Å²) in [5.74, 6) is -0.890. The number of carbonyl (C=O) groups is 2. The van der Waals surface area contributed by atoms with Crippen LogP contribution in [0.4, 0.5) is 11.4 Å². The molecule has 2 aromatic carbocycles. The third-order valence-corrected chi connectivity index (χ3v) is 4.36. The van der Waals surface area contributed by atoms with E-state index in [0.29, 0.717) is 11.4 Å². The van der Waals surface area contributed by atoms with E-state index in [-0.39, 0.29) is 12.2 Å². The molecule has 1 heterocycles. The molecule has 8 heteroatoms. The van der Waals surface area contributed by atoms with Gasteiger partial charge in [0, 0.05) is 21.9 Å². The fourth-order valence-corrected chi connectivity index (χ4v) is 2.65. The van der Waals surface area contributed by atoms with Crippen LogP contribution in [0.25, 0.3) is 0 Å². The Bertz CT molecular complexity index is 1060. The zero-order valence-corrected chi connectivity index (χ0v) is 16.6. The van der Waals surface area contributed by atoms with Gasteiger partial charge in [0.25, 0.3) is 11.5 Å². The fraction of sp³-hybridized carbons (Fsp3) is 0.100. The molecule has 0 spiro atoms. The summed E-state index contributed by atoms with van der Waals surface area (Å²) in [4.78, 5) is 36.6. The Kier molecular flexibility index (Phi) is 6.00. The second-order valence-corrected chi connectivity index (χ2v) is 7.01. The highest BCUT2D eigenvalue weighted by atomic mass is 79.9. The topological polar surface area (TPSA) is 93.1 Å². The van der Waals surface area contributed by atoms with Crippen LogP contribution in [0.5, 0.6) is 0 Å². The zero-order chi connectivity index (χ0) is 20.1.